The van der Waals surface area contributed by atoms with Gasteiger partial charge in [0.2, 0.25) is 15.9 Å². The maximum absolute atomic E-state index is 13.0. The molecule has 1 fully saturated rings. The molecule has 0 saturated carbocycles. The van der Waals surface area contributed by atoms with Gasteiger partial charge in [0.15, 0.2) is 0 Å². The molecule has 0 radical (unpaired) electrons. The number of piperidine rings is 1. The highest BCUT2D eigenvalue weighted by Gasteiger charge is 2.34. The van der Waals surface area contributed by atoms with E-state index in [-0.39, 0.29) is 22.9 Å². The number of nitrogens with one attached hydrogen (secondary N) is 1. The number of sulfonamides is 1. The molecule has 0 aliphatic carbocycles. The summed E-state index contributed by atoms with van der Waals surface area (Å²) in [5.41, 5.74) is 1.76. The minimum Gasteiger partial charge on any atom is -0.350 e. The Labute approximate surface area is 164 Å². The largest absolute Gasteiger partial charge is 0.350 e. The number of hydrogen-bond acceptors (Lipinski definition) is 5. The van der Waals surface area contributed by atoms with Crippen molar-refractivity contribution in [3.05, 3.63) is 47.3 Å². The molecule has 1 amide bonds. The molecule has 3 rings (SSSR count). The zero-order valence-electron chi connectivity index (χ0n) is 15.4. The lowest BCUT2D eigenvalue weighted by Crippen LogP contribution is -2.50. The number of aryl methyl sites for hydroxylation is 1. The Morgan fingerprint density at radius 3 is 2.63 bits per heavy atom. The van der Waals surface area contributed by atoms with Crippen molar-refractivity contribution in [2.45, 2.75) is 43.7 Å². The fraction of sp³-hybridized carbons (Fsp3) is 0.368. The van der Waals surface area contributed by atoms with E-state index < -0.39 is 10.0 Å². The summed E-state index contributed by atoms with van der Waals surface area (Å²) in [4.78, 5) is 16.2. The van der Waals surface area contributed by atoms with Gasteiger partial charge >= 0.3 is 0 Å². The van der Waals surface area contributed by atoms with Crippen LogP contribution in [0.3, 0.4) is 0 Å². The van der Waals surface area contributed by atoms with E-state index >= 15 is 0 Å². The molecule has 8 heteroatoms. The van der Waals surface area contributed by atoms with Gasteiger partial charge < -0.3 is 5.32 Å². The summed E-state index contributed by atoms with van der Waals surface area (Å²) in [5.74, 6) is -0.226. The highest BCUT2D eigenvalue weighted by Crippen LogP contribution is 2.28. The molecule has 1 aliphatic heterocycles. The smallest absolute Gasteiger partial charge is 0.243 e. The Balaban J connectivity index is 1.74. The molecule has 144 valence electrons. The number of aromatic nitrogens is 1. The van der Waals surface area contributed by atoms with Crippen LogP contribution < -0.4 is 5.32 Å². The van der Waals surface area contributed by atoms with Crippen LogP contribution >= 0.6 is 11.3 Å². The average molecular weight is 406 g/mol. The van der Waals surface area contributed by atoms with E-state index in [9.17, 15) is 13.2 Å². The Bertz CT molecular complexity index is 935. The Morgan fingerprint density at radius 2 is 2.07 bits per heavy atom. The molecular weight excluding hydrogens is 382 g/mol. The van der Waals surface area contributed by atoms with Gasteiger partial charge in [0.1, 0.15) is 0 Å². The van der Waals surface area contributed by atoms with Gasteiger partial charge in [0, 0.05) is 29.6 Å². The Kier molecular flexibility index (Phi) is 5.78. The lowest BCUT2D eigenvalue weighted by atomic mass is 10.0. The highest BCUT2D eigenvalue weighted by molar-refractivity contribution is 7.89. The van der Waals surface area contributed by atoms with Crippen molar-refractivity contribution in [2.24, 2.45) is 0 Å². The predicted octanol–water partition coefficient (Wildman–Crippen LogP) is 2.96. The van der Waals surface area contributed by atoms with Crippen LogP contribution in [0.5, 0.6) is 0 Å². The molecule has 2 aromatic rings. The zero-order valence-corrected chi connectivity index (χ0v) is 17.0. The summed E-state index contributed by atoms with van der Waals surface area (Å²) < 4.78 is 27.6. The van der Waals surface area contributed by atoms with Gasteiger partial charge in [-0.1, -0.05) is 18.7 Å². The first-order chi connectivity index (χ1) is 12.8. The molecule has 2 atom stereocenters. The molecule has 2 heterocycles. The van der Waals surface area contributed by atoms with Crippen LogP contribution in [-0.2, 0) is 14.8 Å². The second kappa shape index (κ2) is 7.92. The van der Waals surface area contributed by atoms with Gasteiger partial charge in [-0.25, -0.2) is 13.4 Å². The number of rotatable bonds is 5. The third-order valence-electron chi connectivity index (χ3n) is 4.72. The van der Waals surface area contributed by atoms with E-state index in [1.165, 1.54) is 10.4 Å². The average Bonchev–Trinajstić information content (AvgIpc) is 3.08. The van der Waals surface area contributed by atoms with Crippen molar-refractivity contribution < 1.29 is 13.2 Å². The van der Waals surface area contributed by atoms with Crippen molar-refractivity contribution in [1.29, 1.82) is 0 Å². The van der Waals surface area contributed by atoms with Crippen LogP contribution in [0.1, 0.15) is 24.8 Å². The van der Waals surface area contributed by atoms with E-state index in [1.54, 1.807) is 35.6 Å². The van der Waals surface area contributed by atoms with Crippen molar-refractivity contribution >= 4 is 27.3 Å². The quantitative estimate of drug-likeness (QED) is 0.776. The van der Waals surface area contributed by atoms with E-state index in [1.807, 2.05) is 19.2 Å². The first kappa shape index (κ1) is 19.7. The highest BCUT2D eigenvalue weighted by atomic mass is 32.2. The zero-order chi connectivity index (χ0) is 19.6. The summed E-state index contributed by atoms with van der Waals surface area (Å²) in [7, 11) is -3.58. The van der Waals surface area contributed by atoms with Crippen LogP contribution in [0, 0.1) is 6.92 Å². The normalized spacial score (nSPS) is 21.0. The number of carbonyl (C=O) groups excluding carboxylic acids is 1. The van der Waals surface area contributed by atoms with Gasteiger partial charge in [0.05, 0.1) is 15.6 Å². The maximum atomic E-state index is 13.0. The fourth-order valence-corrected chi connectivity index (χ4v) is 5.61. The molecule has 27 heavy (non-hydrogen) atoms. The monoisotopic (exact) mass is 405 g/mol. The van der Waals surface area contributed by atoms with Gasteiger partial charge in [-0.3, -0.25) is 4.79 Å². The molecule has 6 nitrogen and oxygen atoms in total. The Hall–Kier alpha value is -2.03. The molecule has 0 spiro atoms. The third kappa shape index (κ3) is 4.28. The van der Waals surface area contributed by atoms with E-state index in [0.29, 0.717) is 19.4 Å². The van der Waals surface area contributed by atoms with Crippen LogP contribution in [-0.4, -0.2) is 42.2 Å². The van der Waals surface area contributed by atoms with Crippen molar-refractivity contribution in [3.8, 4) is 11.3 Å². The van der Waals surface area contributed by atoms with Crippen LogP contribution in [0.15, 0.2) is 47.2 Å². The van der Waals surface area contributed by atoms with Gasteiger partial charge in [0.25, 0.3) is 0 Å². The summed E-state index contributed by atoms with van der Waals surface area (Å²) in [5, 5.41) is 5.79. The van der Waals surface area contributed by atoms with Gasteiger partial charge in [-0.15, -0.1) is 11.3 Å². The molecule has 2 unspecified atom stereocenters. The van der Waals surface area contributed by atoms with E-state index in [4.69, 9.17) is 0 Å². The van der Waals surface area contributed by atoms with Crippen molar-refractivity contribution in [1.82, 2.24) is 14.6 Å². The number of carbonyl (C=O) groups is 1. The minimum absolute atomic E-state index is 0.0350. The maximum Gasteiger partial charge on any atom is 0.243 e. The molecule has 1 aromatic heterocycles. The lowest BCUT2D eigenvalue weighted by molar-refractivity contribution is -0.117. The van der Waals surface area contributed by atoms with Crippen molar-refractivity contribution in [2.75, 3.05) is 6.54 Å². The first-order valence-corrected chi connectivity index (χ1v) is 11.1. The predicted molar refractivity (Wildman–Crippen MR) is 107 cm³/mol. The first-order valence-electron chi connectivity index (χ1n) is 8.78. The number of thiazole rings is 1. The van der Waals surface area contributed by atoms with Crippen LogP contribution in [0.4, 0.5) is 0 Å². The number of hydrogen-bond donors (Lipinski definition) is 1. The third-order valence-corrected chi connectivity index (χ3v) is 7.52. The summed E-state index contributed by atoms with van der Waals surface area (Å²) in [6.07, 6.45) is 2.40. The van der Waals surface area contributed by atoms with Crippen molar-refractivity contribution in [3.63, 3.8) is 0 Å². The topological polar surface area (TPSA) is 79.4 Å². The molecular formula is C19H23N3O3S2. The van der Waals surface area contributed by atoms with Crippen LogP contribution in [0.2, 0.25) is 0 Å². The summed E-state index contributed by atoms with van der Waals surface area (Å²) in [6, 6.07) is 6.63. The summed E-state index contributed by atoms with van der Waals surface area (Å²) >= 11 is 1.56. The minimum atomic E-state index is -3.58. The Morgan fingerprint density at radius 1 is 1.37 bits per heavy atom. The fourth-order valence-electron chi connectivity index (χ4n) is 3.33. The number of benzene rings is 1. The lowest BCUT2D eigenvalue weighted by Gasteiger charge is -2.36. The van der Waals surface area contributed by atoms with E-state index in [2.05, 4.69) is 16.9 Å². The standard InChI is InChI=1S/C19H23N3O3S2/c1-4-19(23)21-16-9-10-22(13(2)11-16)27(24,25)17-7-5-15(6-8-17)18-12-26-14(3)20-18/h4-8,12-13,16H,1,9-11H2,2-3H3,(H,21,23). The van der Waals surface area contributed by atoms with E-state index in [0.717, 1.165) is 16.3 Å². The molecule has 1 saturated heterocycles. The second-order valence-electron chi connectivity index (χ2n) is 6.67. The van der Waals surface area contributed by atoms with Crippen LogP contribution in [0.25, 0.3) is 11.3 Å². The SMILES string of the molecule is C=CC(=O)NC1CCN(S(=O)(=O)c2ccc(-c3csc(C)n3)cc2)C(C)C1. The van der Waals surface area contributed by atoms with Gasteiger partial charge in [-0.2, -0.15) is 4.31 Å². The second-order valence-corrected chi connectivity index (χ2v) is 9.63. The molecule has 1 aromatic carbocycles. The molecule has 1 aliphatic rings. The molecule has 1 N–H and O–H groups in total. The number of amides is 1. The van der Waals surface area contributed by atoms with Gasteiger partial charge in [-0.05, 0) is 44.9 Å². The number of nitrogens with zero attached hydrogens (tertiary/aromatic N) is 2. The molecule has 0 bridgehead atoms. The summed E-state index contributed by atoms with van der Waals surface area (Å²) in [6.45, 7) is 7.63.